The Balaban J connectivity index is 1.84. The van der Waals surface area contributed by atoms with Crippen molar-refractivity contribution >= 4 is 5.69 Å². The third-order valence-corrected chi connectivity index (χ3v) is 4.86. The molecular weight excluding hydrogens is 248 g/mol. The van der Waals surface area contributed by atoms with Gasteiger partial charge in [0.15, 0.2) is 0 Å². The molecule has 1 aliphatic heterocycles. The molecule has 1 saturated carbocycles. The molecule has 3 heteroatoms. The second-order valence-electron chi connectivity index (χ2n) is 6.61. The van der Waals surface area contributed by atoms with Crippen LogP contribution in [0.25, 0.3) is 0 Å². The van der Waals surface area contributed by atoms with Crippen LogP contribution in [-0.2, 0) is 0 Å². The Kier molecular flexibility index (Phi) is 3.63. The first-order valence-electron chi connectivity index (χ1n) is 7.81. The summed E-state index contributed by atoms with van der Waals surface area (Å²) in [5, 5.41) is 0. The number of nitrogens with two attached hydrogens (primary N) is 1. The van der Waals surface area contributed by atoms with Crippen LogP contribution in [0.1, 0.15) is 49.7 Å². The number of hydrogen-bond acceptors (Lipinski definition) is 3. The van der Waals surface area contributed by atoms with Crippen LogP contribution < -0.4 is 10.5 Å². The first-order chi connectivity index (χ1) is 9.54. The molecule has 1 aliphatic carbocycles. The second-order valence-corrected chi connectivity index (χ2v) is 6.61. The predicted octanol–water partition coefficient (Wildman–Crippen LogP) is 3.32. The summed E-state index contributed by atoms with van der Waals surface area (Å²) in [5.41, 5.74) is 9.65. The fourth-order valence-electron chi connectivity index (χ4n) is 3.21. The van der Waals surface area contributed by atoms with Crippen LogP contribution in [0.5, 0.6) is 5.75 Å². The first kappa shape index (κ1) is 13.7. The number of nitrogen functional groups attached to an aromatic ring is 1. The van der Waals surface area contributed by atoms with Gasteiger partial charge in [0.1, 0.15) is 5.75 Å². The van der Waals surface area contributed by atoms with E-state index in [-0.39, 0.29) is 0 Å². The van der Waals surface area contributed by atoms with Gasteiger partial charge in [0.25, 0.3) is 0 Å². The van der Waals surface area contributed by atoms with Gasteiger partial charge in [-0.15, -0.1) is 0 Å². The Morgan fingerprint density at radius 1 is 1.25 bits per heavy atom. The number of rotatable bonds is 3. The van der Waals surface area contributed by atoms with E-state index in [1.807, 2.05) is 0 Å². The average molecular weight is 274 g/mol. The lowest BCUT2D eigenvalue weighted by Crippen LogP contribution is -2.37. The van der Waals surface area contributed by atoms with Gasteiger partial charge < -0.3 is 15.4 Å². The molecule has 3 nitrogen and oxygen atoms in total. The Bertz CT molecular complexity index is 496. The van der Waals surface area contributed by atoms with Crippen molar-refractivity contribution in [3.8, 4) is 5.75 Å². The van der Waals surface area contributed by atoms with Gasteiger partial charge >= 0.3 is 0 Å². The maximum absolute atomic E-state index is 6.11. The molecule has 2 atom stereocenters. The summed E-state index contributed by atoms with van der Waals surface area (Å²) in [7, 11) is 2.22. The van der Waals surface area contributed by atoms with Crippen molar-refractivity contribution in [2.75, 3.05) is 19.3 Å². The summed E-state index contributed by atoms with van der Waals surface area (Å²) in [5.74, 6) is 1.54. The highest BCUT2D eigenvalue weighted by molar-refractivity contribution is 5.57. The summed E-state index contributed by atoms with van der Waals surface area (Å²) < 4.78 is 5.96. The number of nitrogens with zero attached hydrogens (tertiary/aromatic N) is 1. The Morgan fingerprint density at radius 2 is 2.00 bits per heavy atom. The molecule has 2 N–H and O–H groups in total. The molecule has 0 bridgehead atoms. The minimum atomic E-state index is 0.407. The van der Waals surface area contributed by atoms with Gasteiger partial charge in [-0.2, -0.15) is 0 Å². The van der Waals surface area contributed by atoms with Gasteiger partial charge in [-0.1, -0.05) is 0 Å². The van der Waals surface area contributed by atoms with Crippen molar-refractivity contribution in [1.29, 1.82) is 0 Å². The van der Waals surface area contributed by atoms with Gasteiger partial charge in [0.05, 0.1) is 11.8 Å². The standard InChI is InChI=1S/C17H26N2O/c1-11-8-16(18)17(20-14-4-5-14)10-15(11)13-6-7-19(3)12(2)9-13/h8,10,12-14H,4-7,9,18H2,1-3H3. The van der Waals surface area contributed by atoms with Crippen molar-refractivity contribution in [2.24, 2.45) is 0 Å². The molecule has 1 aromatic carbocycles. The quantitative estimate of drug-likeness (QED) is 0.859. The molecule has 20 heavy (non-hydrogen) atoms. The molecular formula is C17H26N2O. The summed E-state index contributed by atoms with van der Waals surface area (Å²) in [6.45, 7) is 5.67. The summed E-state index contributed by atoms with van der Waals surface area (Å²) in [6, 6.07) is 4.96. The zero-order valence-corrected chi connectivity index (χ0v) is 12.9. The summed E-state index contributed by atoms with van der Waals surface area (Å²) in [6.07, 6.45) is 5.21. The smallest absolute Gasteiger partial charge is 0.142 e. The number of aryl methyl sites for hydroxylation is 1. The molecule has 0 aromatic heterocycles. The zero-order valence-electron chi connectivity index (χ0n) is 12.9. The van der Waals surface area contributed by atoms with E-state index in [0.717, 1.165) is 11.4 Å². The van der Waals surface area contributed by atoms with Crippen LogP contribution in [0.3, 0.4) is 0 Å². The van der Waals surface area contributed by atoms with Crippen LogP contribution >= 0.6 is 0 Å². The lowest BCUT2D eigenvalue weighted by Gasteiger charge is -2.36. The Hall–Kier alpha value is -1.22. The lowest BCUT2D eigenvalue weighted by molar-refractivity contribution is 0.182. The first-order valence-corrected chi connectivity index (χ1v) is 7.81. The molecule has 0 spiro atoms. The second kappa shape index (κ2) is 5.28. The van der Waals surface area contributed by atoms with E-state index in [0.29, 0.717) is 18.1 Å². The minimum Gasteiger partial charge on any atom is -0.488 e. The fourth-order valence-corrected chi connectivity index (χ4v) is 3.21. The zero-order chi connectivity index (χ0) is 14.3. The highest BCUT2D eigenvalue weighted by atomic mass is 16.5. The van der Waals surface area contributed by atoms with Gasteiger partial charge in [-0.3, -0.25) is 0 Å². The molecule has 1 aromatic rings. The lowest BCUT2D eigenvalue weighted by atomic mass is 9.83. The van der Waals surface area contributed by atoms with Gasteiger partial charge in [-0.25, -0.2) is 0 Å². The number of anilines is 1. The van der Waals surface area contributed by atoms with Crippen LogP contribution in [0.15, 0.2) is 12.1 Å². The van der Waals surface area contributed by atoms with E-state index in [9.17, 15) is 0 Å². The Morgan fingerprint density at radius 3 is 2.65 bits per heavy atom. The predicted molar refractivity (Wildman–Crippen MR) is 83.3 cm³/mol. The topological polar surface area (TPSA) is 38.5 Å². The third kappa shape index (κ3) is 2.78. The van der Waals surface area contributed by atoms with E-state index in [1.54, 1.807) is 0 Å². The largest absolute Gasteiger partial charge is 0.488 e. The maximum Gasteiger partial charge on any atom is 0.142 e. The van der Waals surface area contributed by atoms with Crippen molar-refractivity contribution in [1.82, 2.24) is 4.90 Å². The maximum atomic E-state index is 6.11. The SMILES string of the molecule is Cc1cc(N)c(OC2CC2)cc1C1CCN(C)C(C)C1. The minimum absolute atomic E-state index is 0.407. The van der Waals surface area contributed by atoms with E-state index in [1.165, 1.54) is 43.4 Å². The molecule has 0 radical (unpaired) electrons. The van der Waals surface area contributed by atoms with Crippen LogP contribution in [-0.4, -0.2) is 30.6 Å². The van der Waals surface area contributed by atoms with Crippen LogP contribution in [0.4, 0.5) is 5.69 Å². The highest BCUT2D eigenvalue weighted by Gasteiger charge is 2.28. The van der Waals surface area contributed by atoms with E-state index >= 15 is 0 Å². The molecule has 2 aliphatic rings. The van der Waals surface area contributed by atoms with Crippen molar-refractivity contribution in [3.63, 3.8) is 0 Å². The fraction of sp³-hybridized carbons (Fsp3) is 0.647. The third-order valence-electron chi connectivity index (χ3n) is 4.86. The van der Waals surface area contributed by atoms with E-state index in [2.05, 4.69) is 37.9 Å². The average Bonchev–Trinajstić information content (AvgIpc) is 3.20. The monoisotopic (exact) mass is 274 g/mol. The summed E-state index contributed by atoms with van der Waals surface area (Å²) >= 11 is 0. The molecule has 0 amide bonds. The Labute approximate surface area is 122 Å². The van der Waals surface area contributed by atoms with Gasteiger partial charge in [-0.05, 0) is 82.3 Å². The molecule has 1 saturated heterocycles. The number of likely N-dealkylation sites (tertiary alicyclic amines) is 1. The number of piperidine rings is 1. The van der Waals surface area contributed by atoms with E-state index in [4.69, 9.17) is 10.5 Å². The molecule has 110 valence electrons. The summed E-state index contributed by atoms with van der Waals surface area (Å²) in [4.78, 5) is 2.45. The number of ether oxygens (including phenoxy) is 1. The number of hydrogen-bond donors (Lipinski definition) is 1. The van der Waals surface area contributed by atoms with Crippen molar-refractivity contribution < 1.29 is 4.74 Å². The van der Waals surface area contributed by atoms with Crippen molar-refractivity contribution in [3.05, 3.63) is 23.3 Å². The molecule has 2 fully saturated rings. The normalized spacial score (nSPS) is 27.6. The van der Waals surface area contributed by atoms with Gasteiger partial charge in [0, 0.05) is 6.04 Å². The van der Waals surface area contributed by atoms with Crippen LogP contribution in [0, 0.1) is 6.92 Å². The van der Waals surface area contributed by atoms with Gasteiger partial charge in [0.2, 0.25) is 0 Å². The van der Waals surface area contributed by atoms with Crippen LogP contribution in [0.2, 0.25) is 0 Å². The highest BCUT2D eigenvalue weighted by Crippen LogP contribution is 2.38. The molecule has 2 unspecified atom stereocenters. The number of benzene rings is 1. The van der Waals surface area contributed by atoms with Crippen molar-refractivity contribution in [2.45, 2.75) is 57.6 Å². The molecule has 3 rings (SSSR count). The van der Waals surface area contributed by atoms with E-state index < -0.39 is 0 Å². The molecule has 1 heterocycles.